The molecule has 0 saturated heterocycles. The van der Waals surface area contributed by atoms with Gasteiger partial charge < -0.3 is 0 Å². The number of nitrogens with zero attached hydrogens (tertiary/aromatic N) is 8. The van der Waals surface area contributed by atoms with Crippen LogP contribution in [0.5, 0.6) is 0 Å². The summed E-state index contributed by atoms with van der Waals surface area (Å²) in [5, 5.41) is 5.15. The average Bonchev–Trinajstić information content (AvgIpc) is 2.86. The average molecular weight is 518 g/mol. The predicted molar refractivity (Wildman–Crippen MR) is 114 cm³/mol. The highest BCUT2D eigenvalue weighted by Gasteiger charge is 2.24. The first-order chi connectivity index (χ1) is 17.2. The summed E-state index contributed by atoms with van der Waals surface area (Å²) < 4.78 is 110. The Balaban J connectivity index is 1.85. The molecule has 16 heteroatoms. The normalized spacial score (nSPS) is 11.2. The van der Waals surface area contributed by atoms with Crippen molar-refractivity contribution in [2.24, 2.45) is 20.2 Å². The van der Waals surface area contributed by atoms with Crippen molar-refractivity contribution in [1.82, 2.24) is 0 Å². The second-order valence-corrected chi connectivity index (χ2v) is 6.90. The van der Waals surface area contributed by atoms with Crippen molar-refractivity contribution in [1.29, 1.82) is 0 Å². The molecule has 0 bridgehead atoms. The van der Waals surface area contributed by atoms with E-state index < -0.39 is 69.0 Å². The van der Waals surface area contributed by atoms with Crippen molar-refractivity contribution in [2.45, 2.75) is 25.7 Å². The second-order valence-electron chi connectivity index (χ2n) is 6.90. The van der Waals surface area contributed by atoms with Crippen LogP contribution < -0.4 is 0 Å². The molecule has 0 unspecified atom stereocenters. The molecular weight excluding hydrogens is 504 g/mol. The third-order valence-electron chi connectivity index (χ3n) is 4.60. The lowest BCUT2D eigenvalue weighted by Crippen LogP contribution is -2.03. The number of azide groups is 2. The van der Waals surface area contributed by atoms with Crippen LogP contribution in [-0.4, -0.2) is 25.5 Å². The van der Waals surface area contributed by atoms with Gasteiger partial charge in [0, 0.05) is 35.3 Å². The smallest absolute Gasteiger partial charge is 0.172 e. The number of rotatable bonds is 11. The first kappa shape index (κ1) is 28.1. The van der Waals surface area contributed by atoms with Crippen molar-refractivity contribution in [2.75, 3.05) is 13.1 Å². The molecule has 0 radical (unpaired) electrons. The predicted octanol–water partition coefficient (Wildman–Crippen LogP) is 7.78. The standard InChI is InChI=1S/C20H14F8N8/c21-11-9(12(22)16(26)19(15(11)25)33-35-29)7-31-5-3-1-2-4-6-32-8-10-13(23)17(27)20(34-36-30)18(28)14(10)24/h7-8H,1-6H2. The maximum atomic E-state index is 13.9. The molecule has 2 aromatic carbocycles. The first-order valence-corrected chi connectivity index (χ1v) is 9.99. The number of halogens is 8. The lowest BCUT2D eigenvalue weighted by atomic mass is 10.1. The minimum Gasteiger partial charge on any atom is -0.292 e. The molecule has 0 atom stereocenters. The lowest BCUT2D eigenvalue weighted by Gasteiger charge is -2.06. The van der Waals surface area contributed by atoms with E-state index in [9.17, 15) is 35.1 Å². The molecule has 190 valence electrons. The van der Waals surface area contributed by atoms with Gasteiger partial charge in [-0.2, -0.15) is 0 Å². The fraction of sp³-hybridized carbons (Fsp3) is 0.300. The van der Waals surface area contributed by atoms with Gasteiger partial charge in [-0.1, -0.05) is 23.1 Å². The number of unbranched alkanes of at least 4 members (excludes halogenated alkanes) is 3. The fourth-order valence-electron chi connectivity index (χ4n) is 2.84. The summed E-state index contributed by atoms with van der Waals surface area (Å²) in [4.78, 5) is 11.6. The highest BCUT2D eigenvalue weighted by atomic mass is 19.2. The molecule has 0 saturated carbocycles. The van der Waals surface area contributed by atoms with E-state index in [-0.39, 0.29) is 13.1 Å². The van der Waals surface area contributed by atoms with E-state index in [1.54, 1.807) is 0 Å². The maximum absolute atomic E-state index is 13.9. The molecule has 2 aromatic rings. The minimum absolute atomic E-state index is 0.0377. The topological polar surface area (TPSA) is 122 Å². The van der Waals surface area contributed by atoms with Crippen LogP contribution in [0.25, 0.3) is 20.9 Å². The van der Waals surface area contributed by atoms with Crippen LogP contribution in [0, 0.1) is 46.5 Å². The molecular formula is C20H14F8N8. The number of hydrogen-bond acceptors (Lipinski definition) is 4. The van der Waals surface area contributed by atoms with Crippen molar-refractivity contribution >= 4 is 23.8 Å². The van der Waals surface area contributed by atoms with Crippen molar-refractivity contribution in [3.63, 3.8) is 0 Å². The molecule has 0 fully saturated rings. The number of benzene rings is 2. The summed E-state index contributed by atoms with van der Waals surface area (Å²) >= 11 is 0. The van der Waals surface area contributed by atoms with Crippen molar-refractivity contribution in [3.8, 4) is 0 Å². The quantitative estimate of drug-likeness (QED) is 0.0548. The van der Waals surface area contributed by atoms with Gasteiger partial charge >= 0.3 is 0 Å². The molecule has 0 amide bonds. The van der Waals surface area contributed by atoms with Crippen LogP contribution >= 0.6 is 0 Å². The Morgan fingerprint density at radius 3 is 1.08 bits per heavy atom. The van der Waals surface area contributed by atoms with Gasteiger partial charge in [-0.15, -0.1) is 0 Å². The van der Waals surface area contributed by atoms with Crippen LogP contribution in [0.4, 0.5) is 46.5 Å². The summed E-state index contributed by atoms with van der Waals surface area (Å²) in [5.74, 6) is -14.5. The molecule has 0 heterocycles. The monoisotopic (exact) mass is 518 g/mol. The Labute approximate surface area is 197 Å². The second kappa shape index (κ2) is 13.1. The molecule has 0 aromatic heterocycles. The first-order valence-electron chi connectivity index (χ1n) is 9.99. The van der Waals surface area contributed by atoms with Crippen LogP contribution in [0.15, 0.2) is 20.2 Å². The van der Waals surface area contributed by atoms with Crippen molar-refractivity contribution in [3.05, 3.63) is 78.6 Å². The highest BCUT2D eigenvalue weighted by molar-refractivity contribution is 5.82. The van der Waals surface area contributed by atoms with Crippen molar-refractivity contribution < 1.29 is 35.1 Å². The van der Waals surface area contributed by atoms with E-state index in [2.05, 4.69) is 30.0 Å². The van der Waals surface area contributed by atoms with Gasteiger partial charge in [0.1, 0.15) is 11.4 Å². The summed E-state index contributed by atoms with van der Waals surface area (Å²) in [6, 6.07) is 0. The molecule has 0 aliphatic rings. The van der Waals surface area contributed by atoms with Gasteiger partial charge in [0.05, 0.1) is 11.1 Å². The Morgan fingerprint density at radius 1 is 0.500 bits per heavy atom. The van der Waals surface area contributed by atoms with Crippen LogP contribution in [0.1, 0.15) is 36.8 Å². The SMILES string of the molecule is [N-]=[N+]=Nc1c(F)c(F)c(C=NCCCCCCN=Cc2c(F)c(F)c(N=[N+]=[N-])c(F)c2F)c(F)c1F. The van der Waals surface area contributed by atoms with Gasteiger partial charge in [0.25, 0.3) is 0 Å². The Bertz CT molecular complexity index is 1140. The molecule has 8 nitrogen and oxygen atoms in total. The molecule has 0 spiro atoms. The summed E-state index contributed by atoms with van der Waals surface area (Å²) in [6.45, 7) is 0.0754. The summed E-state index contributed by atoms with van der Waals surface area (Å²) in [5.41, 5.74) is 11.4. The zero-order valence-electron chi connectivity index (χ0n) is 18.0. The van der Waals surface area contributed by atoms with E-state index in [4.69, 9.17) is 11.1 Å². The van der Waals surface area contributed by atoms with Gasteiger partial charge in [-0.3, -0.25) is 9.98 Å². The summed E-state index contributed by atoms with van der Waals surface area (Å²) in [6.07, 6.45) is 3.04. The van der Waals surface area contributed by atoms with Crippen LogP contribution in [-0.2, 0) is 0 Å². The highest BCUT2D eigenvalue weighted by Crippen LogP contribution is 2.30. The van der Waals surface area contributed by atoms with Crippen LogP contribution in [0.2, 0.25) is 0 Å². The molecule has 36 heavy (non-hydrogen) atoms. The largest absolute Gasteiger partial charge is 0.292 e. The maximum Gasteiger partial charge on any atom is 0.172 e. The van der Waals surface area contributed by atoms with Crippen LogP contribution in [0.3, 0.4) is 0 Å². The Hall–Kier alpha value is -4.16. The lowest BCUT2D eigenvalue weighted by molar-refractivity contribution is 0.455. The van der Waals surface area contributed by atoms with E-state index in [1.165, 1.54) is 0 Å². The molecule has 2 rings (SSSR count). The third kappa shape index (κ3) is 6.29. The zero-order valence-corrected chi connectivity index (χ0v) is 18.0. The Morgan fingerprint density at radius 2 is 0.806 bits per heavy atom. The number of hydrogen-bond donors (Lipinski definition) is 0. The molecule has 0 aliphatic carbocycles. The van der Waals surface area contributed by atoms with E-state index in [0.29, 0.717) is 38.1 Å². The Kier molecular flexibility index (Phi) is 10.2. The van der Waals surface area contributed by atoms with Gasteiger partial charge in [0.15, 0.2) is 46.5 Å². The zero-order chi connectivity index (χ0) is 26.8. The van der Waals surface area contributed by atoms with E-state index in [1.807, 2.05) is 0 Å². The molecule has 0 N–H and O–H groups in total. The van der Waals surface area contributed by atoms with Gasteiger partial charge in [-0.05, 0) is 23.9 Å². The molecule has 0 aliphatic heterocycles. The third-order valence-corrected chi connectivity index (χ3v) is 4.60. The van der Waals surface area contributed by atoms with E-state index >= 15 is 0 Å². The fourth-order valence-corrected chi connectivity index (χ4v) is 2.84. The van der Waals surface area contributed by atoms with E-state index in [0.717, 1.165) is 0 Å². The minimum atomic E-state index is -1.86. The number of aliphatic imine (C=N–C) groups is 2. The summed E-state index contributed by atoms with van der Waals surface area (Å²) in [7, 11) is 0. The van der Waals surface area contributed by atoms with Gasteiger partial charge in [-0.25, -0.2) is 35.1 Å². The van der Waals surface area contributed by atoms with Gasteiger partial charge in [0.2, 0.25) is 0 Å².